The summed E-state index contributed by atoms with van der Waals surface area (Å²) in [6, 6.07) is 6.21. The van der Waals surface area contributed by atoms with Crippen molar-refractivity contribution in [3.63, 3.8) is 0 Å². The van der Waals surface area contributed by atoms with Gasteiger partial charge < -0.3 is 0 Å². The van der Waals surface area contributed by atoms with Crippen LogP contribution in [0.4, 0.5) is 0 Å². The zero-order valence-electron chi connectivity index (χ0n) is 22.2. The molecular weight excluding hydrogens is 378 g/mol. The molecule has 0 saturated carbocycles. The molecule has 0 amide bonds. The predicted octanol–water partition coefficient (Wildman–Crippen LogP) is 9.14. The van der Waals surface area contributed by atoms with Crippen LogP contribution in [-0.4, -0.2) is 14.8 Å². The highest BCUT2D eigenvalue weighted by atomic mass is 15.3. The van der Waals surface area contributed by atoms with Gasteiger partial charge in [-0.25, -0.2) is 4.68 Å². The molecule has 2 aromatic heterocycles. The number of hydrogen-bond acceptors (Lipinski definition) is 2. The molecule has 0 radical (unpaired) electrons. The highest BCUT2D eigenvalue weighted by Crippen LogP contribution is 2.25. The summed E-state index contributed by atoms with van der Waals surface area (Å²) in [6.07, 6.45) is 16.0. The van der Waals surface area contributed by atoms with Gasteiger partial charge in [0.15, 0.2) is 0 Å². The summed E-state index contributed by atoms with van der Waals surface area (Å²) in [5.74, 6) is 0. The van der Waals surface area contributed by atoms with E-state index in [0.717, 1.165) is 17.1 Å². The Bertz CT molecular complexity index is 653. The minimum atomic E-state index is 0.0755. The molecule has 2 rings (SSSR count). The Balaban J connectivity index is 0.000000548. The van der Waals surface area contributed by atoms with E-state index in [1.54, 1.807) is 0 Å². The van der Waals surface area contributed by atoms with E-state index >= 15 is 0 Å². The molecule has 0 unspecified atom stereocenters. The van der Waals surface area contributed by atoms with Gasteiger partial charge in [0.2, 0.25) is 0 Å². The number of rotatable bonds is 9. The Kier molecular flexibility index (Phi) is 16.1. The maximum Gasteiger partial charge on any atom is 0.0832 e. The minimum Gasteiger partial charge on any atom is -0.259 e. The number of aryl methyl sites for hydroxylation is 2. The Morgan fingerprint density at radius 3 is 1.61 bits per heavy atom. The monoisotopic (exact) mass is 429 g/mol. The van der Waals surface area contributed by atoms with Crippen molar-refractivity contribution in [1.82, 2.24) is 14.8 Å². The summed E-state index contributed by atoms with van der Waals surface area (Å²) in [4.78, 5) is 4.33. The summed E-state index contributed by atoms with van der Waals surface area (Å²) < 4.78 is 1.99. The second-order valence-electron chi connectivity index (χ2n) is 9.61. The predicted molar refractivity (Wildman–Crippen MR) is 138 cm³/mol. The minimum absolute atomic E-state index is 0.0755. The zero-order chi connectivity index (χ0) is 23.7. The van der Waals surface area contributed by atoms with Gasteiger partial charge in [0, 0.05) is 16.8 Å². The van der Waals surface area contributed by atoms with Crippen molar-refractivity contribution in [3.8, 4) is 5.69 Å². The van der Waals surface area contributed by atoms with Crippen molar-refractivity contribution >= 4 is 0 Å². The molecule has 178 valence electrons. The molecule has 0 N–H and O–H groups in total. The number of aromatic nitrogens is 3. The molecule has 31 heavy (non-hydrogen) atoms. The van der Waals surface area contributed by atoms with Crippen molar-refractivity contribution in [2.24, 2.45) is 0 Å². The lowest BCUT2D eigenvalue weighted by atomic mass is 9.92. The molecule has 2 heterocycles. The fourth-order valence-electron chi connectivity index (χ4n) is 3.02. The SMILES string of the molecule is CCCC.CCCCCCCCCC.Cc1ccc(-n2nc(C)cc2C(C)(C)C)cn1. The van der Waals surface area contributed by atoms with Crippen LogP contribution in [0, 0.1) is 13.8 Å². The Morgan fingerprint density at radius 2 is 1.23 bits per heavy atom. The smallest absolute Gasteiger partial charge is 0.0832 e. The van der Waals surface area contributed by atoms with E-state index in [1.807, 2.05) is 30.8 Å². The zero-order valence-corrected chi connectivity index (χ0v) is 22.2. The molecule has 0 atom stereocenters. The van der Waals surface area contributed by atoms with Gasteiger partial charge in [-0.1, -0.05) is 113 Å². The van der Waals surface area contributed by atoms with Gasteiger partial charge in [0.1, 0.15) is 0 Å². The summed E-state index contributed by atoms with van der Waals surface area (Å²) >= 11 is 0. The summed E-state index contributed by atoms with van der Waals surface area (Å²) in [7, 11) is 0. The molecule has 0 aromatic carbocycles. The second-order valence-corrected chi connectivity index (χ2v) is 9.61. The van der Waals surface area contributed by atoms with E-state index in [1.165, 1.54) is 69.9 Å². The van der Waals surface area contributed by atoms with Crippen LogP contribution in [0.15, 0.2) is 24.4 Å². The Labute approximate surface area is 194 Å². The molecule has 2 aromatic rings. The van der Waals surface area contributed by atoms with Crippen LogP contribution in [0.1, 0.15) is 130 Å². The number of pyridine rings is 1. The number of unbranched alkanes of at least 4 members (excludes halogenated alkanes) is 8. The number of nitrogens with zero attached hydrogens (tertiary/aromatic N) is 3. The van der Waals surface area contributed by atoms with Gasteiger partial charge in [-0.2, -0.15) is 5.10 Å². The second kappa shape index (κ2) is 17.0. The van der Waals surface area contributed by atoms with Crippen molar-refractivity contribution < 1.29 is 0 Å². The molecular formula is C28H51N3. The average molecular weight is 430 g/mol. The third-order valence-electron chi connectivity index (χ3n) is 5.20. The van der Waals surface area contributed by atoms with Gasteiger partial charge in [-0.05, 0) is 32.0 Å². The Morgan fingerprint density at radius 1 is 0.710 bits per heavy atom. The molecule has 0 aliphatic rings. The van der Waals surface area contributed by atoms with Gasteiger partial charge >= 0.3 is 0 Å². The summed E-state index contributed by atoms with van der Waals surface area (Å²) in [5, 5.41) is 4.55. The summed E-state index contributed by atoms with van der Waals surface area (Å²) in [6.45, 7) is 19.5. The molecule has 0 bridgehead atoms. The fraction of sp³-hybridized carbons (Fsp3) is 0.714. The van der Waals surface area contributed by atoms with E-state index in [2.05, 4.69) is 70.7 Å². The first-order valence-electron chi connectivity index (χ1n) is 12.7. The first-order valence-corrected chi connectivity index (χ1v) is 12.7. The maximum absolute atomic E-state index is 4.55. The first-order chi connectivity index (χ1) is 14.7. The molecule has 0 aliphatic heterocycles. The van der Waals surface area contributed by atoms with Gasteiger partial charge in [0.25, 0.3) is 0 Å². The quantitative estimate of drug-likeness (QED) is 0.372. The highest BCUT2D eigenvalue weighted by molar-refractivity contribution is 5.34. The third kappa shape index (κ3) is 13.4. The molecule has 0 fully saturated rings. The third-order valence-corrected chi connectivity index (χ3v) is 5.20. The molecule has 3 nitrogen and oxygen atoms in total. The van der Waals surface area contributed by atoms with Crippen LogP contribution in [0.3, 0.4) is 0 Å². The fourth-order valence-corrected chi connectivity index (χ4v) is 3.02. The van der Waals surface area contributed by atoms with Crippen molar-refractivity contribution in [3.05, 3.63) is 41.5 Å². The summed E-state index contributed by atoms with van der Waals surface area (Å²) in [5.41, 5.74) is 4.37. The lowest BCUT2D eigenvalue weighted by Gasteiger charge is -2.20. The lowest BCUT2D eigenvalue weighted by molar-refractivity contribution is 0.543. The van der Waals surface area contributed by atoms with Gasteiger partial charge in [0.05, 0.1) is 17.6 Å². The topological polar surface area (TPSA) is 30.7 Å². The van der Waals surface area contributed by atoms with E-state index in [9.17, 15) is 0 Å². The van der Waals surface area contributed by atoms with Crippen LogP contribution in [0.2, 0.25) is 0 Å². The van der Waals surface area contributed by atoms with Crippen LogP contribution in [0.5, 0.6) is 0 Å². The van der Waals surface area contributed by atoms with Crippen LogP contribution >= 0.6 is 0 Å². The highest BCUT2D eigenvalue weighted by Gasteiger charge is 2.20. The largest absolute Gasteiger partial charge is 0.259 e. The van der Waals surface area contributed by atoms with Gasteiger partial charge in [-0.15, -0.1) is 0 Å². The first kappa shape index (κ1) is 29.4. The average Bonchev–Trinajstić information content (AvgIpc) is 3.14. The molecule has 3 heteroatoms. The van der Waals surface area contributed by atoms with Crippen molar-refractivity contribution in [2.45, 2.75) is 132 Å². The Hall–Kier alpha value is -1.64. The van der Waals surface area contributed by atoms with Crippen LogP contribution < -0.4 is 0 Å². The molecule has 0 saturated heterocycles. The lowest BCUT2D eigenvalue weighted by Crippen LogP contribution is -2.17. The van der Waals surface area contributed by atoms with Gasteiger partial charge in [-0.3, -0.25) is 4.98 Å². The maximum atomic E-state index is 4.55. The van der Waals surface area contributed by atoms with Crippen LogP contribution in [-0.2, 0) is 5.41 Å². The van der Waals surface area contributed by atoms with Crippen molar-refractivity contribution in [1.29, 1.82) is 0 Å². The van der Waals surface area contributed by atoms with E-state index in [-0.39, 0.29) is 5.41 Å². The number of hydrogen-bond donors (Lipinski definition) is 0. The van der Waals surface area contributed by atoms with Crippen molar-refractivity contribution in [2.75, 3.05) is 0 Å². The molecule has 0 aliphatic carbocycles. The standard InChI is InChI=1S/C14H19N3.C10H22.C4H10/c1-10-6-7-12(9-15-10)17-13(14(3,4)5)8-11(2)16-17;1-3-5-7-9-10-8-6-4-2;1-3-4-2/h6-9H,1-5H3;3-10H2,1-2H3;3-4H2,1-2H3. The molecule has 0 spiro atoms. The normalized spacial score (nSPS) is 10.7. The van der Waals surface area contributed by atoms with Crippen LogP contribution in [0.25, 0.3) is 5.69 Å². The van der Waals surface area contributed by atoms with E-state index in [0.29, 0.717) is 0 Å². The van der Waals surface area contributed by atoms with E-state index < -0.39 is 0 Å². The van der Waals surface area contributed by atoms with E-state index in [4.69, 9.17) is 0 Å².